The van der Waals surface area contributed by atoms with Crippen molar-refractivity contribution in [3.63, 3.8) is 0 Å². The highest BCUT2D eigenvalue weighted by molar-refractivity contribution is 5.65. The number of allylic oxidation sites excluding steroid dienone is 2. The van der Waals surface area contributed by atoms with E-state index in [-0.39, 0.29) is 11.3 Å². The van der Waals surface area contributed by atoms with Gasteiger partial charge in [-0.25, -0.2) is 0 Å². The van der Waals surface area contributed by atoms with Gasteiger partial charge in [0.15, 0.2) is 5.57 Å². The molecule has 1 heterocycles. The first kappa shape index (κ1) is 14.7. The normalized spacial score (nSPS) is 9.18. The minimum atomic E-state index is -0.275. The fourth-order valence-electron chi connectivity index (χ4n) is 1.66. The average molecular weight is 290 g/mol. The summed E-state index contributed by atoms with van der Waals surface area (Å²) in [5.41, 5.74) is 0.873. The highest BCUT2D eigenvalue weighted by atomic mass is 15.6. The maximum Gasteiger partial charge on any atom is 0.204 e. The molecule has 106 valence electrons. The van der Waals surface area contributed by atoms with Crippen molar-refractivity contribution < 1.29 is 0 Å². The second kappa shape index (κ2) is 6.65. The molecule has 0 saturated heterocycles. The zero-order chi connectivity index (χ0) is 15.9. The number of rotatable bonds is 4. The molecule has 8 heteroatoms. The summed E-state index contributed by atoms with van der Waals surface area (Å²) in [5.74, 6) is 0.453. The molecule has 2 rings (SSSR count). The number of tetrazole rings is 1. The molecule has 0 aliphatic rings. The lowest BCUT2D eigenvalue weighted by Gasteiger charge is -2.05. The summed E-state index contributed by atoms with van der Waals surface area (Å²) in [6.07, 6.45) is 0. The molecule has 0 saturated carbocycles. The molecule has 1 aromatic carbocycles. The molecule has 0 aliphatic heterocycles. The molecule has 0 radical (unpaired) electrons. The van der Waals surface area contributed by atoms with Crippen LogP contribution in [0.4, 0.5) is 5.69 Å². The van der Waals surface area contributed by atoms with Gasteiger partial charge in [-0.3, -0.25) is 0 Å². The predicted molar refractivity (Wildman–Crippen MR) is 76.4 cm³/mol. The third-order valence-corrected chi connectivity index (χ3v) is 2.71. The Hall–Kier alpha value is -3.70. The molecule has 0 atom stereocenters. The van der Waals surface area contributed by atoms with Crippen LogP contribution in [-0.2, 0) is 6.54 Å². The van der Waals surface area contributed by atoms with Gasteiger partial charge in [-0.2, -0.15) is 20.6 Å². The Morgan fingerprint density at radius 3 is 2.59 bits per heavy atom. The number of aromatic nitrogens is 4. The van der Waals surface area contributed by atoms with Gasteiger partial charge in [-0.15, -0.1) is 10.2 Å². The molecule has 0 amide bonds. The summed E-state index contributed by atoms with van der Waals surface area (Å²) >= 11 is 0. The Bertz CT molecular complexity index is 825. The van der Waals surface area contributed by atoms with Crippen LogP contribution in [0.5, 0.6) is 0 Å². The summed E-state index contributed by atoms with van der Waals surface area (Å²) < 4.78 is 0. The van der Waals surface area contributed by atoms with E-state index in [9.17, 15) is 0 Å². The Morgan fingerprint density at radius 2 is 2.00 bits per heavy atom. The third kappa shape index (κ3) is 3.06. The average Bonchev–Trinajstić information content (AvgIpc) is 3.04. The van der Waals surface area contributed by atoms with Crippen molar-refractivity contribution in [3.05, 3.63) is 35.5 Å². The fraction of sp³-hybridized carbons (Fsp3) is 0.143. The van der Waals surface area contributed by atoms with Gasteiger partial charge >= 0.3 is 0 Å². The van der Waals surface area contributed by atoms with Crippen molar-refractivity contribution in [1.29, 1.82) is 15.8 Å². The number of nitrogens with one attached hydrogen (secondary N) is 1. The van der Waals surface area contributed by atoms with Crippen molar-refractivity contribution >= 4 is 5.69 Å². The first-order valence-corrected chi connectivity index (χ1v) is 6.31. The molecule has 8 nitrogen and oxygen atoms in total. The number of hydrogen-bond acceptors (Lipinski definition) is 7. The lowest BCUT2D eigenvalue weighted by atomic mass is 10.1. The van der Waals surface area contributed by atoms with Gasteiger partial charge in [0.05, 0.1) is 6.54 Å². The third-order valence-electron chi connectivity index (χ3n) is 2.71. The van der Waals surface area contributed by atoms with Gasteiger partial charge in [0, 0.05) is 11.3 Å². The van der Waals surface area contributed by atoms with Crippen LogP contribution in [0.2, 0.25) is 0 Å². The lowest BCUT2D eigenvalue weighted by Crippen LogP contribution is -2.01. The van der Waals surface area contributed by atoms with Crippen LogP contribution in [0.1, 0.15) is 6.92 Å². The Balaban J connectivity index is 2.34. The molecule has 0 spiro atoms. The standard InChI is InChI=1S/C14H10N8/c1-2-22-20-14(19-21-22)10-4-3-5-12(6-10)18-13(9-17)11(7-15)8-16/h3-6,18H,2H2,1H3. The van der Waals surface area contributed by atoms with Gasteiger partial charge in [0.2, 0.25) is 5.82 Å². The van der Waals surface area contributed by atoms with Crippen molar-refractivity contribution in [2.75, 3.05) is 5.32 Å². The van der Waals surface area contributed by atoms with E-state index >= 15 is 0 Å². The summed E-state index contributed by atoms with van der Waals surface area (Å²) in [4.78, 5) is 1.46. The Morgan fingerprint density at radius 1 is 1.23 bits per heavy atom. The van der Waals surface area contributed by atoms with Crippen LogP contribution in [0, 0.1) is 34.0 Å². The van der Waals surface area contributed by atoms with Gasteiger partial charge in [0.25, 0.3) is 0 Å². The second-order valence-electron chi connectivity index (χ2n) is 4.09. The summed E-state index contributed by atoms with van der Waals surface area (Å²) in [6, 6.07) is 12.1. The molecule has 0 bridgehead atoms. The highest BCUT2D eigenvalue weighted by Gasteiger charge is 2.09. The summed E-state index contributed by atoms with van der Waals surface area (Å²) in [5, 5.41) is 41.4. The maximum atomic E-state index is 9.03. The van der Waals surface area contributed by atoms with Crippen LogP contribution < -0.4 is 5.32 Å². The van der Waals surface area contributed by atoms with E-state index < -0.39 is 0 Å². The summed E-state index contributed by atoms with van der Waals surface area (Å²) in [6.45, 7) is 2.51. The van der Waals surface area contributed by atoms with Crippen molar-refractivity contribution in [2.45, 2.75) is 13.5 Å². The largest absolute Gasteiger partial charge is 0.345 e. The van der Waals surface area contributed by atoms with Gasteiger partial charge < -0.3 is 5.32 Å². The van der Waals surface area contributed by atoms with E-state index in [0.717, 1.165) is 0 Å². The number of anilines is 1. The Labute approximate surface area is 126 Å². The number of aryl methyl sites for hydroxylation is 1. The minimum absolute atomic E-state index is 0.104. The van der Waals surface area contributed by atoms with E-state index in [2.05, 4.69) is 20.7 Å². The first-order valence-electron chi connectivity index (χ1n) is 6.31. The molecular weight excluding hydrogens is 280 g/mol. The smallest absolute Gasteiger partial charge is 0.204 e. The first-order chi connectivity index (χ1) is 10.7. The van der Waals surface area contributed by atoms with E-state index in [1.807, 2.05) is 6.92 Å². The lowest BCUT2D eigenvalue weighted by molar-refractivity contribution is 0.553. The molecular formula is C14H10N8. The fourth-order valence-corrected chi connectivity index (χ4v) is 1.66. The van der Waals surface area contributed by atoms with Crippen LogP contribution >= 0.6 is 0 Å². The number of benzene rings is 1. The number of nitrogens with zero attached hydrogens (tertiary/aromatic N) is 7. The van der Waals surface area contributed by atoms with E-state index in [1.54, 1.807) is 42.5 Å². The van der Waals surface area contributed by atoms with Gasteiger partial charge in [0.1, 0.15) is 23.9 Å². The molecule has 0 fully saturated rings. The van der Waals surface area contributed by atoms with Crippen molar-refractivity contribution in [1.82, 2.24) is 20.2 Å². The van der Waals surface area contributed by atoms with Crippen LogP contribution in [-0.4, -0.2) is 20.2 Å². The number of hydrogen-bond donors (Lipinski definition) is 1. The van der Waals surface area contributed by atoms with E-state index in [0.29, 0.717) is 23.6 Å². The van der Waals surface area contributed by atoms with Crippen LogP contribution in [0.3, 0.4) is 0 Å². The zero-order valence-corrected chi connectivity index (χ0v) is 11.6. The SMILES string of the molecule is CCn1nnc(-c2cccc(NC(C#N)=C(C#N)C#N)c2)n1. The zero-order valence-electron chi connectivity index (χ0n) is 11.6. The molecule has 22 heavy (non-hydrogen) atoms. The Kier molecular flexibility index (Phi) is 4.44. The molecule has 1 N–H and O–H groups in total. The van der Waals surface area contributed by atoms with Crippen LogP contribution in [0.15, 0.2) is 35.5 Å². The number of nitriles is 3. The molecule has 0 aliphatic carbocycles. The summed E-state index contributed by atoms with van der Waals surface area (Å²) in [7, 11) is 0. The molecule has 0 unspecified atom stereocenters. The monoisotopic (exact) mass is 290 g/mol. The van der Waals surface area contributed by atoms with Gasteiger partial charge in [-0.1, -0.05) is 12.1 Å². The van der Waals surface area contributed by atoms with Crippen molar-refractivity contribution in [3.8, 4) is 29.6 Å². The van der Waals surface area contributed by atoms with E-state index in [1.165, 1.54) is 4.80 Å². The van der Waals surface area contributed by atoms with Gasteiger partial charge in [-0.05, 0) is 24.3 Å². The highest BCUT2D eigenvalue weighted by Crippen LogP contribution is 2.20. The molecule has 2 aromatic rings. The quantitative estimate of drug-likeness (QED) is 0.847. The second-order valence-corrected chi connectivity index (χ2v) is 4.09. The molecule has 1 aromatic heterocycles. The maximum absolute atomic E-state index is 9.03. The topological polar surface area (TPSA) is 127 Å². The van der Waals surface area contributed by atoms with E-state index in [4.69, 9.17) is 15.8 Å². The van der Waals surface area contributed by atoms with Crippen molar-refractivity contribution in [2.24, 2.45) is 0 Å². The minimum Gasteiger partial charge on any atom is -0.345 e. The van der Waals surface area contributed by atoms with Crippen LogP contribution in [0.25, 0.3) is 11.4 Å². The predicted octanol–water partition coefficient (Wildman–Crippen LogP) is 1.60.